The van der Waals surface area contributed by atoms with E-state index in [1.165, 1.54) is 26.2 Å². The fourth-order valence-electron chi connectivity index (χ4n) is 1.39. The highest BCUT2D eigenvalue weighted by Gasteiger charge is 2.24. The number of aliphatic hydroxyl groups is 1. The average molecular weight is 249 g/mol. The first-order chi connectivity index (χ1) is 7.57. The van der Waals surface area contributed by atoms with Gasteiger partial charge >= 0.3 is 0 Å². The summed E-state index contributed by atoms with van der Waals surface area (Å²) in [6, 6.07) is 4.31. The van der Waals surface area contributed by atoms with E-state index in [-0.39, 0.29) is 17.4 Å². The number of rotatable bonds is 5. The van der Waals surface area contributed by atoms with Crippen LogP contribution in [-0.2, 0) is 9.47 Å². The molecule has 0 radical (unpaired) electrons. The SMILES string of the molecule is COCOC(c1c(F)cccc1Cl)C(C)O. The predicted octanol–water partition coefficient (Wildman–Crippen LogP) is 2.52. The number of methoxy groups -OCH3 is 1. The maximum absolute atomic E-state index is 13.6. The van der Waals surface area contributed by atoms with E-state index >= 15 is 0 Å². The fraction of sp³-hybridized carbons (Fsp3) is 0.455. The van der Waals surface area contributed by atoms with E-state index in [2.05, 4.69) is 0 Å². The van der Waals surface area contributed by atoms with Crippen molar-refractivity contribution in [2.75, 3.05) is 13.9 Å². The Morgan fingerprint density at radius 1 is 1.50 bits per heavy atom. The van der Waals surface area contributed by atoms with Gasteiger partial charge in [0.1, 0.15) is 18.7 Å². The number of ether oxygens (including phenoxy) is 2. The lowest BCUT2D eigenvalue weighted by Gasteiger charge is -2.22. The van der Waals surface area contributed by atoms with Crippen molar-refractivity contribution in [3.8, 4) is 0 Å². The largest absolute Gasteiger partial charge is 0.390 e. The first kappa shape index (κ1) is 13.4. The quantitative estimate of drug-likeness (QED) is 0.814. The summed E-state index contributed by atoms with van der Waals surface area (Å²) < 4.78 is 23.5. The average Bonchev–Trinajstić information content (AvgIpc) is 2.21. The molecule has 0 fully saturated rings. The third-order valence-electron chi connectivity index (χ3n) is 2.09. The molecule has 3 nitrogen and oxygen atoms in total. The summed E-state index contributed by atoms with van der Waals surface area (Å²) in [5.74, 6) is -0.505. The number of halogens is 2. The monoisotopic (exact) mass is 248 g/mol. The molecule has 16 heavy (non-hydrogen) atoms. The van der Waals surface area contributed by atoms with E-state index in [9.17, 15) is 9.50 Å². The van der Waals surface area contributed by atoms with Crippen molar-refractivity contribution < 1.29 is 19.0 Å². The maximum Gasteiger partial charge on any atom is 0.147 e. The molecule has 0 aromatic heterocycles. The van der Waals surface area contributed by atoms with Gasteiger partial charge in [-0.2, -0.15) is 0 Å². The van der Waals surface area contributed by atoms with Crippen LogP contribution in [0.3, 0.4) is 0 Å². The Morgan fingerprint density at radius 2 is 2.19 bits per heavy atom. The van der Waals surface area contributed by atoms with E-state index < -0.39 is 18.0 Å². The summed E-state index contributed by atoms with van der Waals surface area (Å²) in [6.07, 6.45) is -1.72. The van der Waals surface area contributed by atoms with Gasteiger partial charge < -0.3 is 14.6 Å². The van der Waals surface area contributed by atoms with Gasteiger partial charge in [0.05, 0.1) is 6.10 Å². The standard InChI is InChI=1S/C11H14ClFO3/c1-7(14)11(16-6-15-2)10-8(12)4-3-5-9(10)13/h3-5,7,11,14H,6H2,1-2H3. The van der Waals surface area contributed by atoms with Gasteiger partial charge in [-0.05, 0) is 19.1 Å². The van der Waals surface area contributed by atoms with Crippen LogP contribution in [0.2, 0.25) is 5.02 Å². The first-order valence-electron chi connectivity index (χ1n) is 4.80. The molecule has 0 aliphatic heterocycles. The molecule has 0 bridgehead atoms. The zero-order valence-corrected chi connectivity index (χ0v) is 9.87. The van der Waals surface area contributed by atoms with Gasteiger partial charge in [-0.3, -0.25) is 0 Å². The lowest BCUT2D eigenvalue weighted by molar-refractivity contribution is -0.111. The molecule has 0 saturated heterocycles. The number of hydrogen-bond donors (Lipinski definition) is 1. The summed E-state index contributed by atoms with van der Waals surface area (Å²) in [5.41, 5.74) is 0.149. The molecule has 0 saturated carbocycles. The summed E-state index contributed by atoms with van der Waals surface area (Å²) in [5, 5.41) is 9.76. The molecule has 2 atom stereocenters. The van der Waals surface area contributed by atoms with Gasteiger partial charge in [0, 0.05) is 17.7 Å². The zero-order valence-electron chi connectivity index (χ0n) is 9.11. The minimum atomic E-state index is -0.885. The Bertz CT molecular complexity index is 324. The van der Waals surface area contributed by atoms with E-state index in [1.54, 1.807) is 6.07 Å². The van der Waals surface area contributed by atoms with Crippen molar-refractivity contribution in [1.29, 1.82) is 0 Å². The summed E-state index contributed by atoms with van der Waals surface area (Å²) in [4.78, 5) is 0. The Morgan fingerprint density at radius 3 is 2.69 bits per heavy atom. The van der Waals surface area contributed by atoms with Crippen LogP contribution >= 0.6 is 11.6 Å². The van der Waals surface area contributed by atoms with Crippen LogP contribution < -0.4 is 0 Å². The van der Waals surface area contributed by atoms with Crippen LogP contribution in [0.1, 0.15) is 18.6 Å². The molecule has 0 spiro atoms. The molecule has 5 heteroatoms. The molecular weight excluding hydrogens is 235 g/mol. The van der Waals surface area contributed by atoms with Gasteiger partial charge in [0.2, 0.25) is 0 Å². The molecule has 0 heterocycles. The third kappa shape index (κ3) is 3.15. The van der Waals surface area contributed by atoms with Crippen molar-refractivity contribution in [3.05, 3.63) is 34.6 Å². The van der Waals surface area contributed by atoms with Gasteiger partial charge in [-0.25, -0.2) is 4.39 Å². The highest BCUT2D eigenvalue weighted by Crippen LogP contribution is 2.30. The second kappa shape index (κ2) is 6.15. The Balaban J connectivity index is 3.00. The maximum atomic E-state index is 13.6. The zero-order chi connectivity index (χ0) is 12.1. The molecule has 0 aliphatic rings. The molecule has 1 N–H and O–H groups in total. The Hall–Kier alpha value is -0.680. The highest BCUT2D eigenvalue weighted by atomic mass is 35.5. The van der Waals surface area contributed by atoms with E-state index in [0.29, 0.717) is 0 Å². The molecule has 1 rings (SSSR count). The lowest BCUT2D eigenvalue weighted by Crippen LogP contribution is -2.20. The number of aliphatic hydroxyl groups excluding tert-OH is 1. The summed E-state index contributed by atoms with van der Waals surface area (Å²) >= 11 is 5.88. The van der Waals surface area contributed by atoms with Gasteiger partial charge in [0.25, 0.3) is 0 Å². The predicted molar refractivity (Wildman–Crippen MR) is 58.8 cm³/mol. The van der Waals surface area contributed by atoms with Crippen molar-refractivity contribution in [2.45, 2.75) is 19.1 Å². The lowest BCUT2D eigenvalue weighted by atomic mass is 10.0. The van der Waals surface area contributed by atoms with Crippen molar-refractivity contribution in [3.63, 3.8) is 0 Å². The van der Waals surface area contributed by atoms with Crippen LogP contribution in [0, 0.1) is 5.82 Å². The summed E-state index contributed by atoms with van der Waals surface area (Å²) in [6.45, 7) is 1.46. The van der Waals surface area contributed by atoms with Crippen LogP contribution in [0.25, 0.3) is 0 Å². The third-order valence-corrected chi connectivity index (χ3v) is 2.42. The van der Waals surface area contributed by atoms with Crippen LogP contribution in [0.15, 0.2) is 18.2 Å². The van der Waals surface area contributed by atoms with E-state index in [4.69, 9.17) is 21.1 Å². The second-order valence-corrected chi connectivity index (χ2v) is 3.78. The Labute approximate surface area is 98.7 Å². The second-order valence-electron chi connectivity index (χ2n) is 3.37. The van der Waals surface area contributed by atoms with Crippen molar-refractivity contribution >= 4 is 11.6 Å². The smallest absolute Gasteiger partial charge is 0.147 e. The van der Waals surface area contributed by atoms with Crippen LogP contribution in [0.4, 0.5) is 4.39 Å². The molecule has 90 valence electrons. The minimum Gasteiger partial charge on any atom is -0.390 e. The van der Waals surface area contributed by atoms with Crippen LogP contribution in [-0.4, -0.2) is 25.1 Å². The molecule has 1 aromatic carbocycles. The topological polar surface area (TPSA) is 38.7 Å². The fourth-order valence-corrected chi connectivity index (χ4v) is 1.66. The molecule has 0 amide bonds. The molecule has 0 aliphatic carbocycles. The minimum absolute atomic E-state index is 0.0414. The molecular formula is C11H14ClFO3. The summed E-state index contributed by atoms with van der Waals surface area (Å²) in [7, 11) is 1.45. The van der Waals surface area contributed by atoms with E-state index in [0.717, 1.165) is 0 Å². The Kier molecular flexibility index (Phi) is 5.15. The van der Waals surface area contributed by atoms with Gasteiger partial charge in [-0.15, -0.1) is 0 Å². The van der Waals surface area contributed by atoms with Crippen molar-refractivity contribution in [2.24, 2.45) is 0 Å². The van der Waals surface area contributed by atoms with Crippen molar-refractivity contribution in [1.82, 2.24) is 0 Å². The highest BCUT2D eigenvalue weighted by molar-refractivity contribution is 6.31. The first-order valence-corrected chi connectivity index (χ1v) is 5.18. The molecule has 1 aromatic rings. The number of hydrogen-bond acceptors (Lipinski definition) is 3. The van der Waals surface area contributed by atoms with E-state index in [1.807, 2.05) is 0 Å². The number of benzene rings is 1. The van der Waals surface area contributed by atoms with Crippen LogP contribution in [0.5, 0.6) is 0 Å². The van der Waals surface area contributed by atoms with Gasteiger partial charge in [0.15, 0.2) is 0 Å². The molecule has 2 unspecified atom stereocenters. The normalized spacial score (nSPS) is 14.8. The van der Waals surface area contributed by atoms with Gasteiger partial charge in [-0.1, -0.05) is 17.7 Å².